The molecule has 0 saturated carbocycles. The number of carbonyl (C=O) groups is 1. The fourth-order valence-corrected chi connectivity index (χ4v) is 3.32. The van der Waals surface area contributed by atoms with E-state index in [1.54, 1.807) is 41.5 Å². The maximum atomic E-state index is 13.1. The summed E-state index contributed by atoms with van der Waals surface area (Å²) < 4.78 is 5.86. The Kier molecular flexibility index (Phi) is 5.91. The zero-order chi connectivity index (χ0) is 18.5. The molecule has 3 rings (SSSR count). The number of hydrogen-bond acceptors (Lipinski definition) is 4. The van der Waals surface area contributed by atoms with Gasteiger partial charge in [0.1, 0.15) is 11.6 Å². The Morgan fingerprint density at radius 3 is 2.77 bits per heavy atom. The van der Waals surface area contributed by atoms with Crippen LogP contribution in [-0.2, 0) is 11.3 Å². The van der Waals surface area contributed by atoms with E-state index in [2.05, 4.69) is 4.98 Å². The lowest BCUT2D eigenvalue weighted by Crippen LogP contribution is -2.40. The number of carbonyl (C=O) groups excluding carboxylic acids is 1. The summed E-state index contributed by atoms with van der Waals surface area (Å²) in [5, 5.41) is 2.66. The molecule has 1 atom stereocenters. The van der Waals surface area contributed by atoms with Crippen molar-refractivity contribution < 1.29 is 9.53 Å². The van der Waals surface area contributed by atoms with E-state index in [1.165, 1.54) is 0 Å². The average Bonchev–Trinajstić information content (AvgIpc) is 3.16. The number of halogens is 1. The molecule has 2 aromatic heterocycles. The van der Waals surface area contributed by atoms with Gasteiger partial charge in [0.2, 0.25) is 0 Å². The summed E-state index contributed by atoms with van der Waals surface area (Å²) >= 11 is 7.66. The van der Waals surface area contributed by atoms with Gasteiger partial charge in [-0.1, -0.05) is 23.7 Å². The summed E-state index contributed by atoms with van der Waals surface area (Å²) in [5.74, 6) is 1.07. The minimum Gasteiger partial charge on any atom is -0.481 e. The standard InChI is InChI=1S/C20H19ClN2O2S/c1-14-12-16(8-9-18(14)21)25-15(2)20(24)23(13-17-6-5-11-26-17)19-7-3-4-10-22-19/h3-12,15H,13H2,1-2H3/t15-/m0/s1. The number of amides is 1. The van der Waals surface area contributed by atoms with Crippen molar-refractivity contribution >= 4 is 34.7 Å². The zero-order valence-electron chi connectivity index (χ0n) is 14.6. The van der Waals surface area contributed by atoms with Crippen LogP contribution in [0.2, 0.25) is 5.02 Å². The van der Waals surface area contributed by atoms with Gasteiger partial charge in [0.05, 0.1) is 6.54 Å². The van der Waals surface area contributed by atoms with Crippen molar-refractivity contribution in [3.05, 3.63) is 75.6 Å². The Hall–Kier alpha value is -2.37. The lowest BCUT2D eigenvalue weighted by Gasteiger charge is -2.25. The third-order valence-corrected chi connectivity index (χ3v) is 5.16. The highest BCUT2D eigenvalue weighted by Gasteiger charge is 2.25. The number of thiophene rings is 1. The molecule has 0 radical (unpaired) electrons. The van der Waals surface area contributed by atoms with Crippen molar-refractivity contribution in [2.75, 3.05) is 4.90 Å². The van der Waals surface area contributed by atoms with Gasteiger partial charge in [0, 0.05) is 16.1 Å². The number of ether oxygens (including phenoxy) is 1. The molecular weight excluding hydrogens is 368 g/mol. The minimum absolute atomic E-state index is 0.148. The van der Waals surface area contributed by atoms with E-state index in [4.69, 9.17) is 16.3 Å². The van der Waals surface area contributed by atoms with Crippen molar-refractivity contribution in [1.82, 2.24) is 4.98 Å². The smallest absolute Gasteiger partial charge is 0.269 e. The van der Waals surface area contributed by atoms with E-state index in [1.807, 2.05) is 48.7 Å². The molecule has 0 spiro atoms. The molecule has 26 heavy (non-hydrogen) atoms. The van der Waals surface area contributed by atoms with Crippen molar-refractivity contribution in [1.29, 1.82) is 0 Å². The van der Waals surface area contributed by atoms with Crippen LogP contribution in [-0.4, -0.2) is 17.0 Å². The van der Waals surface area contributed by atoms with E-state index < -0.39 is 6.10 Å². The maximum absolute atomic E-state index is 13.1. The number of aromatic nitrogens is 1. The molecule has 0 aliphatic rings. The molecule has 0 N–H and O–H groups in total. The largest absolute Gasteiger partial charge is 0.481 e. The molecular formula is C20H19ClN2O2S. The van der Waals surface area contributed by atoms with Crippen molar-refractivity contribution in [2.45, 2.75) is 26.5 Å². The zero-order valence-corrected chi connectivity index (χ0v) is 16.1. The second-order valence-corrected chi connectivity index (χ2v) is 7.30. The van der Waals surface area contributed by atoms with Gasteiger partial charge in [0.25, 0.3) is 5.91 Å². The van der Waals surface area contributed by atoms with E-state index in [9.17, 15) is 4.79 Å². The van der Waals surface area contributed by atoms with Gasteiger partial charge < -0.3 is 4.74 Å². The van der Waals surface area contributed by atoms with Gasteiger partial charge in [-0.3, -0.25) is 9.69 Å². The van der Waals surface area contributed by atoms with Crippen LogP contribution >= 0.6 is 22.9 Å². The number of hydrogen-bond donors (Lipinski definition) is 0. The van der Waals surface area contributed by atoms with Crippen molar-refractivity contribution in [2.24, 2.45) is 0 Å². The number of nitrogens with zero attached hydrogens (tertiary/aromatic N) is 2. The van der Waals surface area contributed by atoms with Crippen LogP contribution in [0.15, 0.2) is 60.1 Å². The highest BCUT2D eigenvalue weighted by Crippen LogP contribution is 2.23. The Morgan fingerprint density at radius 1 is 1.27 bits per heavy atom. The Labute approximate surface area is 162 Å². The number of anilines is 1. The van der Waals surface area contributed by atoms with Crippen molar-refractivity contribution in [3.63, 3.8) is 0 Å². The van der Waals surface area contributed by atoms with E-state index in [0.717, 1.165) is 10.4 Å². The van der Waals surface area contributed by atoms with E-state index in [-0.39, 0.29) is 5.91 Å². The third-order valence-electron chi connectivity index (χ3n) is 3.88. The van der Waals surface area contributed by atoms with Crippen LogP contribution < -0.4 is 9.64 Å². The number of rotatable bonds is 6. The maximum Gasteiger partial charge on any atom is 0.269 e. The molecule has 0 fully saturated rings. The molecule has 4 nitrogen and oxygen atoms in total. The molecule has 1 amide bonds. The van der Waals surface area contributed by atoms with Crippen LogP contribution in [0.5, 0.6) is 5.75 Å². The minimum atomic E-state index is -0.655. The number of aryl methyl sites for hydroxylation is 1. The lowest BCUT2D eigenvalue weighted by molar-refractivity contribution is -0.124. The van der Waals surface area contributed by atoms with Gasteiger partial charge in [-0.2, -0.15) is 0 Å². The molecule has 6 heteroatoms. The first-order chi connectivity index (χ1) is 12.5. The summed E-state index contributed by atoms with van der Waals surface area (Å²) in [7, 11) is 0. The first kappa shape index (κ1) is 18.4. The van der Waals surface area contributed by atoms with Crippen LogP contribution in [0.3, 0.4) is 0 Å². The van der Waals surface area contributed by atoms with Gasteiger partial charge in [-0.15, -0.1) is 11.3 Å². The summed E-state index contributed by atoms with van der Waals surface area (Å²) in [6, 6.07) is 14.9. The second kappa shape index (κ2) is 8.34. The predicted octanol–water partition coefficient (Wildman–Crippen LogP) is 5.11. The highest BCUT2D eigenvalue weighted by atomic mass is 35.5. The predicted molar refractivity (Wildman–Crippen MR) is 106 cm³/mol. The van der Waals surface area contributed by atoms with Gasteiger partial charge in [-0.25, -0.2) is 4.98 Å². The lowest BCUT2D eigenvalue weighted by atomic mass is 10.2. The SMILES string of the molecule is Cc1cc(O[C@@H](C)C(=O)N(Cc2cccs2)c2ccccn2)ccc1Cl. The van der Waals surface area contributed by atoms with Crippen LogP contribution in [0.1, 0.15) is 17.4 Å². The quantitative estimate of drug-likeness (QED) is 0.591. The first-order valence-electron chi connectivity index (χ1n) is 8.22. The first-order valence-corrected chi connectivity index (χ1v) is 9.48. The van der Waals surface area contributed by atoms with Crippen LogP contribution in [0.25, 0.3) is 0 Å². The monoisotopic (exact) mass is 386 g/mol. The molecule has 0 saturated heterocycles. The molecule has 0 unspecified atom stereocenters. The average molecular weight is 387 g/mol. The fraction of sp³-hybridized carbons (Fsp3) is 0.200. The summed E-state index contributed by atoms with van der Waals surface area (Å²) in [6.07, 6.45) is 1.02. The van der Waals surface area contributed by atoms with E-state index >= 15 is 0 Å². The number of pyridine rings is 1. The molecule has 134 valence electrons. The van der Waals surface area contributed by atoms with Crippen molar-refractivity contribution in [3.8, 4) is 5.75 Å². The normalized spacial score (nSPS) is 11.8. The number of benzene rings is 1. The van der Waals surface area contributed by atoms with E-state index in [0.29, 0.717) is 23.1 Å². The third kappa shape index (κ3) is 4.42. The molecule has 1 aromatic carbocycles. The van der Waals surface area contributed by atoms with Gasteiger partial charge >= 0.3 is 0 Å². The van der Waals surface area contributed by atoms with Crippen LogP contribution in [0, 0.1) is 6.92 Å². The summed E-state index contributed by atoms with van der Waals surface area (Å²) in [4.78, 5) is 20.1. The van der Waals surface area contributed by atoms with Gasteiger partial charge in [0.15, 0.2) is 6.10 Å². The molecule has 0 aliphatic heterocycles. The topological polar surface area (TPSA) is 42.4 Å². The molecule has 2 heterocycles. The highest BCUT2D eigenvalue weighted by molar-refractivity contribution is 7.09. The Bertz CT molecular complexity index is 869. The summed E-state index contributed by atoms with van der Waals surface area (Å²) in [6.45, 7) is 4.11. The second-order valence-electron chi connectivity index (χ2n) is 5.86. The Balaban J connectivity index is 1.80. The Morgan fingerprint density at radius 2 is 2.12 bits per heavy atom. The van der Waals surface area contributed by atoms with Crippen LogP contribution in [0.4, 0.5) is 5.82 Å². The summed E-state index contributed by atoms with van der Waals surface area (Å²) in [5.41, 5.74) is 0.906. The molecule has 3 aromatic rings. The molecule has 0 aliphatic carbocycles. The van der Waals surface area contributed by atoms with Gasteiger partial charge in [-0.05, 0) is 61.2 Å². The molecule has 0 bridgehead atoms. The fourth-order valence-electron chi connectivity index (χ4n) is 2.51.